The molecule has 1 fully saturated rings. The zero-order chi connectivity index (χ0) is 17.9. The quantitative estimate of drug-likeness (QED) is 0.690. The Hall–Kier alpha value is -2.95. The summed E-state index contributed by atoms with van der Waals surface area (Å²) in [4.78, 5) is 17.4. The van der Waals surface area contributed by atoms with Gasteiger partial charge in [-0.15, -0.1) is 0 Å². The van der Waals surface area contributed by atoms with Crippen LogP contribution >= 0.6 is 0 Å². The van der Waals surface area contributed by atoms with E-state index in [2.05, 4.69) is 22.4 Å². The van der Waals surface area contributed by atoms with E-state index < -0.39 is 0 Å². The Morgan fingerprint density at radius 3 is 2.96 bits per heavy atom. The van der Waals surface area contributed by atoms with E-state index in [4.69, 9.17) is 4.42 Å². The number of benzene rings is 1. The summed E-state index contributed by atoms with van der Waals surface area (Å²) in [5.41, 5.74) is 5.76. The number of nitrogens with zero attached hydrogens (tertiary/aromatic N) is 2. The van der Waals surface area contributed by atoms with Crippen molar-refractivity contribution < 1.29 is 9.21 Å². The van der Waals surface area contributed by atoms with Gasteiger partial charge in [-0.1, -0.05) is 31.5 Å². The minimum atomic E-state index is -0.219. The number of amides is 1. The summed E-state index contributed by atoms with van der Waals surface area (Å²) in [6, 6.07) is 13.0. The number of furan rings is 1. The Kier molecular flexibility index (Phi) is 4.52. The van der Waals surface area contributed by atoms with Crippen LogP contribution in [-0.2, 0) is 0 Å². The number of hydrogen-bond donors (Lipinski definition) is 1. The second-order valence-corrected chi connectivity index (χ2v) is 6.69. The Morgan fingerprint density at radius 1 is 1.31 bits per heavy atom. The molecule has 26 heavy (non-hydrogen) atoms. The molecule has 0 bridgehead atoms. The number of carbonyl (C=O) groups is 1. The molecule has 0 spiro atoms. The first kappa shape index (κ1) is 16.5. The molecule has 1 aromatic carbocycles. The Balaban J connectivity index is 1.66. The smallest absolute Gasteiger partial charge is 0.272 e. The van der Waals surface area contributed by atoms with E-state index in [9.17, 15) is 4.79 Å². The predicted molar refractivity (Wildman–Crippen MR) is 102 cm³/mol. The first-order valence-electron chi connectivity index (χ1n) is 9.04. The summed E-state index contributed by atoms with van der Waals surface area (Å²) >= 11 is 0. The van der Waals surface area contributed by atoms with Crippen molar-refractivity contribution in [2.75, 3.05) is 0 Å². The molecule has 0 aliphatic heterocycles. The summed E-state index contributed by atoms with van der Waals surface area (Å²) in [7, 11) is 0. The summed E-state index contributed by atoms with van der Waals surface area (Å²) in [5, 5.41) is 5.17. The number of pyridine rings is 1. The van der Waals surface area contributed by atoms with Crippen LogP contribution < -0.4 is 5.43 Å². The van der Waals surface area contributed by atoms with Crippen LogP contribution in [0.2, 0.25) is 0 Å². The molecule has 1 amide bonds. The molecule has 0 radical (unpaired) electrons. The van der Waals surface area contributed by atoms with Gasteiger partial charge in [0, 0.05) is 11.1 Å². The third-order valence-corrected chi connectivity index (χ3v) is 4.99. The fraction of sp³-hybridized carbons (Fsp3) is 0.286. The molecule has 132 valence electrons. The number of hydrogen-bond acceptors (Lipinski definition) is 4. The lowest BCUT2D eigenvalue weighted by atomic mass is 10.1. The fourth-order valence-electron chi connectivity index (χ4n) is 3.46. The second-order valence-electron chi connectivity index (χ2n) is 6.69. The zero-order valence-electron chi connectivity index (χ0n) is 14.7. The number of hydrazone groups is 1. The van der Waals surface area contributed by atoms with Crippen molar-refractivity contribution in [3.63, 3.8) is 0 Å². The summed E-state index contributed by atoms with van der Waals surface area (Å²) in [6.07, 6.45) is 5.86. The minimum Gasteiger partial charge on any atom is -0.463 e. The van der Waals surface area contributed by atoms with Crippen molar-refractivity contribution in [3.05, 3.63) is 54.3 Å². The zero-order valence-corrected chi connectivity index (χ0v) is 14.7. The van der Waals surface area contributed by atoms with Crippen LogP contribution in [0, 0.1) is 5.92 Å². The highest BCUT2D eigenvalue weighted by Crippen LogP contribution is 2.26. The topological polar surface area (TPSA) is 67.5 Å². The van der Waals surface area contributed by atoms with Crippen LogP contribution in [0.5, 0.6) is 0 Å². The third-order valence-electron chi connectivity index (χ3n) is 4.99. The molecule has 5 nitrogen and oxygen atoms in total. The van der Waals surface area contributed by atoms with Gasteiger partial charge < -0.3 is 4.42 Å². The maximum atomic E-state index is 12.8. The van der Waals surface area contributed by atoms with Crippen molar-refractivity contribution in [3.8, 4) is 11.5 Å². The molecule has 1 aliphatic rings. The second kappa shape index (κ2) is 7.12. The van der Waals surface area contributed by atoms with Crippen LogP contribution in [0.3, 0.4) is 0 Å². The molecule has 0 saturated heterocycles. The Labute approximate surface area is 152 Å². The van der Waals surface area contributed by atoms with E-state index >= 15 is 0 Å². The highest BCUT2D eigenvalue weighted by Gasteiger charge is 2.20. The van der Waals surface area contributed by atoms with Gasteiger partial charge in [-0.25, -0.2) is 10.4 Å². The molecule has 2 heterocycles. The van der Waals surface area contributed by atoms with Crippen LogP contribution in [0.15, 0.2) is 58.2 Å². The minimum absolute atomic E-state index is 0.219. The van der Waals surface area contributed by atoms with E-state index in [-0.39, 0.29) is 5.91 Å². The molecule has 1 saturated carbocycles. The van der Waals surface area contributed by atoms with Crippen molar-refractivity contribution in [2.24, 2.45) is 11.0 Å². The molecule has 1 N–H and O–H groups in total. The number of para-hydroxylation sites is 1. The van der Waals surface area contributed by atoms with E-state index in [1.807, 2.05) is 36.4 Å². The van der Waals surface area contributed by atoms with E-state index in [1.165, 1.54) is 0 Å². The fourth-order valence-corrected chi connectivity index (χ4v) is 3.46. The highest BCUT2D eigenvalue weighted by molar-refractivity contribution is 6.07. The number of fused-ring (bicyclic) bond motifs is 1. The van der Waals surface area contributed by atoms with Gasteiger partial charge in [0.25, 0.3) is 5.91 Å². The van der Waals surface area contributed by atoms with Crippen molar-refractivity contribution >= 4 is 22.5 Å². The Bertz CT molecular complexity index is 961. The lowest BCUT2D eigenvalue weighted by molar-refractivity contribution is 0.0956. The maximum absolute atomic E-state index is 12.8. The van der Waals surface area contributed by atoms with E-state index in [0.29, 0.717) is 22.9 Å². The lowest BCUT2D eigenvalue weighted by Crippen LogP contribution is -2.20. The van der Waals surface area contributed by atoms with Gasteiger partial charge >= 0.3 is 0 Å². The maximum Gasteiger partial charge on any atom is 0.272 e. The third kappa shape index (κ3) is 3.25. The van der Waals surface area contributed by atoms with Gasteiger partial charge in [0.05, 0.1) is 17.3 Å². The van der Waals surface area contributed by atoms with Gasteiger partial charge in [0.2, 0.25) is 0 Å². The summed E-state index contributed by atoms with van der Waals surface area (Å²) < 4.78 is 5.45. The number of nitrogens with one attached hydrogen (secondary N) is 1. The molecule has 3 aromatic rings. The van der Waals surface area contributed by atoms with Crippen molar-refractivity contribution in [2.45, 2.75) is 32.6 Å². The van der Waals surface area contributed by atoms with Gasteiger partial charge in [-0.3, -0.25) is 4.79 Å². The lowest BCUT2D eigenvalue weighted by Gasteiger charge is -2.08. The molecule has 0 unspecified atom stereocenters. The highest BCUT2D eigenvalue weighted by atomic mass is 16.3. The van der Waals surface area contributed by atoms with Gasteiger partial charge in [0.1, 0.15) is 5.69 Å². The Morgan fingerprint density at radius 2 is 2.19 bits per heavy atom. The molecule has 1 atom stereocenters. The normalized spacial score (nSPS) is 18.5. The first-order valence-corrected chi connectivity index (χ1v) is 9.04. The molecular weight excluding hydrogens is 326 g/mol. The molecule has 4 rings (SSSR count). The average Bonchev–Trinajstić information content (AvgIpc) is 3.37. The van der Waals surface area contributed by atoms with E-state index in [0.717, 1.165) is 42.3 Å². The van der Waals surface area contributed by atoms with Gasteiger partial charge in [-0.05, 0) is 49.4 Å². The van der Waals surface area contributed by atoms with Crippen LogP contribution in [0.4, 0.5) is 0 Å². The van der Waals surface area contributed by atoms with Crippen LogP contribution in [-0.4, -0.2) is 16.6 Å². The molecule has 5 heteroatoms. The molecule has 2 aromatic heterocycles. The van der Waals surface area contributed by atoms with Gasteiger partial charge in [-0.2, -0.15) is 5.10 Å². The van der Waals surface area contributed by atoms with Crippen molar-refractivity contribution in [1.82, 2.24) is 10.4 Å². The monoisotopic (exact) mass is 347 g/mol. The standard InChI is InChI=1S/C21H21N3O2/c1-2-14-9-10-15(12-14)23-24-21(25)17-13-19(20-8-5-11-26-20)22-18-7-4-3-6-16(17)18/h3-8,11,13-14H,2,9-10,12H2,1H3,(H,24,25)/t14-/m0/s1. The summed E-state index contributed by atoms with van der Waals surface area (Å²) in [6.45, 7) is 2.20. The number of carbonyl (C=O) groups excluding carboxylic acids is 1. The van der Waals surface area contributed by atoms with Gasteiger partial charge in [0.15, 0.2) is 5.76 Å². The van der Waals surface area contributed by atoms with Crippen LogP contribution in [0.25, 0.3) is 22.4 Å². The van der Waals surface area contributed by atoms with Crippen LogP contribution in [0.1, 0.15) is 43.0 Å². The predicted octanol–water partition coefficient (Wildman–Crippen LogP) is 4.79. The largest absolute Gasteiger partial charge is 0.463 e. The van der Waals surface area contributed by atoms with E-state index in [1.54, 1.807) is 12.3 Å². The molecule has 1 aliphatic carbocycles. The molecular formula is C21H21N3O2. The number of aromatic nitrogens is 1. The average molecular weight is 347 g/mol. The number of rotatable bonds is 4. The SMILES string of the molecule is CC[C@H]1CCC(=NNC(=O)c2cc(-c3ccco3)nc3ccccc23)C1. The van der Waals surface area contributed by atoms with Crippen molar-refractivity contribution in [1.29, 1.82) is 0 Å². The first-order chi connectivity index (χ1) is 12.7. The summed E-state index contributed by atoms with van der Waals surface area (Å²) in [5.74, 6) is 1.11.